The van der Waals surface area contributed by atoms with Crippen molar-refractivity contribution in [1.29, 1.82) is 0 Å². The lowest BCUT2D eigenvalue weighted by Crippen LogP contribution is -2.26. The fraction of sp³-hybridized carbons (Fsp3) is 0.941. The molecule has 2 aliphatic carbocycles. The first-order valence-corrected chi connectivity index (χ1v) is 8.38. The van der Waals surface area contributed by atoms with Crippen LogP contribution in [0, 0.1) is 17.8 Å². The van der Waals surface area contributed by atoms with Crippen LogP contribution in [-0.2, 0) is 9.53 Å². The molecule has 0 aromatic rings. The van der Waals surface area contributed by atoms with E-state index in [0.717, 1.165) is 50.4 Å². The third kappa shape index (κ3) is 4.91. The third-order valence-corrected chi connectivity index (χ3v) is 5.14. The Labute approximate surface area is 118 Å². The van der Waals surface area contributed by atoms with Gasteiger partial charge in [-0.15, -0.1) is 0 Å². The Balaban J connectivity index is 1.58. The van der Waals surface area contributed by atoms with Gasteiger partial charge in [-0.25, -0.2) is 0 Å². The summed E-state index contributed by atoms with van der Waals surface area (Å²) in [6.45, 7) is 3.26. The molecular weight excluding hydrogens is 236 g/mol. The maximum Gasteiger partial charge on any atom is 0.123 e. The van der Waals surface area contributed by atoms with Crippen LogP contribution in [0.1, 0.15) is 71.1 Å². The zero-order chi connectivity index (χ0) is 13.5. The van der Waals surface area contributed by atoms with Crippen molar-refractivity contribution in [2.45, 2.75) is 77.2 Å². The summed E-state index contributed by atoms with van der Waals surface area (Å²) in [5.41, 5.74) is 0. The summed E-state index contributed by atoms with van der Waals surface area (Å²) in [6, 6.07) is 0. The molecule has 2 fully saturated rings. The smallest absolute Gasteiger partial charge is 0.123 e. The molecule has 0 bridgehead atoms. The number of hydrogen-bond donors (Lipinski definition) is 0. The molecule has 0 N–H and O–H groups in total. The van der Waals surface area contributed by atoms with E-state index in [-0.39, 0.29) is 0 Å². The lowest BCUT2D eigenvalue weighted by molar-refractivity contribution is -0.113. The molecule has 2 heteroatoms. The standard InChI is InChI=1S/C17H30O2/c1-2-3-14-4-6-16(7-5-14)13-19-17-10-8-15(12-18)9-11-17/h12,14-17H,2-11,13H2,1H3. The van der Waals surface area contributed by atoms with Gasteiger partial charge in [0.15, 0.2) is 0 Å². The molecule has 2 aliphatic rings. The van der Waals surface area contributed by atoms with Gasteiger partial charge in [-0.3, -0.25) is 0 Å². The average Bonchev–Trinajstić information content (AvgIpc) is 2.47. The molecular formula is C17H30O2. The summed E-state index contributed by atoms with van der Waals surface area (Å²) >= 11 is 0. The Morgan fingerprint density at radius 1 is 0.947 bits per heavy atom. The molecule has 0 atom stereocenters. The number of ether oxygens (including phenoxy) is 1. The number of rotatable bonds is 6. The van der Waals surface area contributed by atoms with Gasteiger partial charge < -0.3 is 9.53 Å². The van der Waals surface area contributed by atoms with Gasteiger partial charge in [0, 0.05) is 12.5 Å². The van der Waals surface area contributed by atoms with Gasteiger partial charge in [0.25, 0.3) is 0 Å². The lowest BCUT2D eigenvalue weighted by Gasteiger charge is -2.31. The van der Waals surface area contributed by atoms with Crippen molar-refractivity contribution in [2.24, 2.45) is 17.8 Å². The van der Waals surface area contributed by atoms with Gasteiger partial charge in [0.2, 0.25) is 0 Å². The van der Waals surface area contributed by atoms with Crippen LogP contribution in [0.15, 0.2) is 0 Å². The maximum atomic E-state index is 10.7. The molecule has 110 valence electrons. The van der Waals surface area contributed by atoms with Gasteiger partial charge in [0.05, 0.1) is 6.10 Å². The number of carbonyl (C=O) groups is 1. The molecule has 0 spiro atoms. The highest BCUT2D eigenvalue weighted by Crippen LogP contribution is 2.32. The quantitative estimate of drug-likeness (QED) is 0.667. The predicted octanol–water partition coefficient (Wildman–Crippen LogP) is 4.37. The van der Waals surface area contributed by atoms with Crippen molar-refractivity contribution in [3.05, 3.63) is 0 Å². The summed E-state index contributed by atoms with van der Waals surface area (Å²) in [5, 5.41) is 0. The second-order valence-electron chi connectivity index (χ2n) is 6.68. The first kappa shape index (κ1) is 15.0. The Bertz CT molecular complexity index is 248. The van der Waals surface area contributed by atoms with Crippen LogP contribution < -0.4 is 0 Å². The van der Waals surface area contributed by atoms with Crippen LogP contribution in [0.2, 0.25) is 0 Å². The Morgan fingerprint density at radius 2 is 1.58 bits per heavy atom. The average molecular weight is 266 g/mol. The largest absolute Gasteiger partial charge is 0.378 e. The molecule has 0 radical (unpaired) electrons. The van der Waals surface area contributed by atoms with Crippen LogP contribution in [-0.4, -0.2) is 19.0 Å². The van der Waals surface area contributed by atoms with E-state index in [1.165, 1.54) is 38.5 Å². The van der Waals surface area contributed by atoms with E-state index >= 15 is 0 Å². The van der Waals surface area contributed by atoms with E-state index in [2.05, 4.69) is 6.92 Å². The highest BCUT2D eigenvalue weighted by Gasteiger charge is 2.24. The van der Waals surface area contributed by atoms with Crippen LogP contribution in [0.4, 0.5) is 0 Å². The SMILES string of the molecule is CCCC1CCC(COC2CCC(C=O)CC2)CC1. The number of aldehydes is 1. The van der Waals surface area contributed by atoms with Crippen LogP contribution in [0.5, 0.6) is 0 Å². The summed E-state index contributed by atoms with van der Waals surface area (Å²) in [4.78, 5) is 10.7. The van der Waals surface area contributed by atoms with Crippen molar-refractivity contribution in [3.8, 4) is 0 Å². The highest BCUT2D eigenvalue weighted by molar-refractivity contribution is 5.53. The van der Waals surface area contributed by atoms with E-state index in [1.807, 2.05) is 0 Å². The van der Waals surface area contributed by atoms with Crippen LogP contribution >= 0.6 is 0 Å². The second kappa shape index (κ2) is 8.04. The van der Waals surface area contributed by atoms with Gasteiger partial charge in [-0.05, 0) is 50.4 Å². The van der Waals surface area contributed by atoms with Crippen LogP contribution in [0.3, 0.4) is 0 Å². The summed E-state index contributed by atoms with van der Waals surface area (Å²) in [7, 11) is 0. The van der Waals surface area contributed by atoms with Crippen molar-refractivity contribution in [1.82, 2.24) is 0 Å². The number of hydrogen-bond acceptors (Lipinski definition) is 2. The van der Waals surface area contributed by atoms with E-state index in [4.69, 9.17) is 4.74 Å². The molecule has 0 saturated heterocycles. The molecule has 2 rings (SSSR count). The molecule has 0 heterocycles. The minimum Gasteiger partial charge on any atom is -0.378 e. The van der Waals surface area contributed by atoms with Gasteiger partial charge >= 0.3 is 0 Å². The van der Waals surface area contributed by atoms with Crippen molar-refractivity contribution < 1.29 is 9.53 Å². The summed E-state index contributed by atoms with van der Waals surface area (Å²) in [6.07, 6.45) is 14.2. The minimum absolute atomic E-state index is 0.310. The second-order valence-corrected chi connectivity index (χ2v) is 6.68. The molecule has 0 amide bonds. The summed E-state index contributed by atoms with van der Waals surface area (Å²) in [5.74, 6) is 2.10. The van der Waals surface area contributed by atoms with E-state index in [0.29, 0.717) is 12.0 Å². The van der Waals surface area contributed by atoms with E-state index < -0.39 is 0 Å². The van der Waals surface area contributed by atoms with Gasteiger partial charge in [-0.2, -0.15) is 0 Å². The highest BCUT2D eigenvalue weighted by atomic mass is 16.5. The lowest BCUT2D eigenvalue weighted by atomic mass is 9.80. The van der Waals surface area contributed by atoms with Gasteiger partial charge in [-0.1, -0.05) is 32.6 Å². The summed E-state index contributed by atoms with van der Waals surface area (Å²) < 4.78 is 6.09. The monoisotopic (exact) mass is 266 g/mol. The minimum atomic E-state index is 0.310. The van der Waals surface area contributed by atoms with E-state index in [9.17, 15) is 4.79 Å². The van der Waals surface area contributed by atoms with Gasteiger partial charge in [0.1, 0.15) is 6.29 Å². The molecule has 2 saturated carbocycles. The molecule has 0 aromatic heterocycles. The Hall–Kier alpha value is -0.370. The maximum absolute atomic E-state index is 10.7. The fourth-order valence-electron chi connectivity index (χ4n) is 3.76. The molecule has 0 aromatic carbocycles. The zero-order valence-corrected chi connectivity index (χ0v) is 12.5. The van der Waals surface area contributed by atoms with Crippen molar-refractivity contribution in [2.75, 3.05) is 6.61 Å². The molecule has 2 nitrogen and oxygen atoms in total. The van der Waals surface area contributed by atoms with E-state index in [1.54, 1.807) is 0 Å². The normalized spacial score (nSPS) is 36.1. The molecule has 0 aliphatic heterocycles. The van der Waals surface area contributed by atoms with Crippen molar-refractivity contribution in [3.63, 3.8) is 0 Å². The zero-order valence-electron chi connectivity index (χ0n) is 12.5. The first-order chi connectivity index (χ1) is 9.31. The first-order valence-electron chi connectivity index (χ1n) is 8.38. The van der Waals surface area contributed by atoms with Crippen molar-refractivity contribution >= 4 is 6.29 Å². The number of carbonyl (C=O) groups excluding carboxylic acids is 1. The Morgan fingerprint density at radius 3 is 2.16 bits per heavy atom. The fourth-order valence-corrected chi connectivity index (χ4v) is 3.76. The third-order valence-electron chi connectivity index (χ3n) is 5.14. The molecule has 0 unspecified atom stereocenters. The van der Waals surface area contributed by atoms with Crippen LogP contribution in [0.25, 0.3) is 0 Å². The topological polar surface area (TPSA) is 26.3 Å². The predicted molar refractivity (Wildman–Crippen MR) is 78.1 cm³/mol. The Kier molecular flexibility index (Phi) is 6.36. The molecule has 19 heavy (non-hydrogen) atoms.